The molecule has 0 saturated carbocycles. The Morgan fingerprint density at radius 2 is 1.85 bits per heavy atom. The third-order valence-electron chi connectivity index (χ3n) is 5.94. The number of hydrogen-bond donors (Lipinski definition) is 0. The Labute approximate surface area is 154 Å². The van der Waals surface area contributed by atoms with Crippen LogP contribution in [0.1, 0.15) is 30.3 Å². The minimum atomic E-state index is 0.0374. The molecule has 140 valence electrons. The fraction of sp³-hybridized carbons (Fsp3) is 0.632. The standard InChI is InChI=1S/C19H28N6O/c1-19(15-23-13-11-22(2)12-14-23)5-9-24(10-6-19)18(26)16-4-8-25-17(21-16)3-7-20-25/h3-4,7-8H,5-6,9-15H2,1-2H3. The van der Waals surface area contributed by atoms with E-state index in [1.54, 1.807) is 23.0 Å². The zero-order chi connectivity index (χ0) is 18.1. The molecule has 2 aromatic rings. The summed E-state index contributed by atoms with van der Waals surface area (Å²) in [6.07, 6.45) is 5.61. The second kappa shape index (κ2) is 6.96. The van der Waals surface area contributed by atoms with Crippen LogP contribution in [0.3, 0.4) is 0 Å². The lowest BCUT2D eigenvalue weighted by Gasteiger charge is -2.44. The molecule has 0 radical (unpaired) electrons. The first kappa shape index (κ1) is 17.4. The maximum Gasteiger partial charge on any atom is 0.272 e. The van der Waals surface area contributed by atoms with Crippen molar-refractivity contribution in [1.82, 2.24) is 29.3 Å². The van der Waals surface area contributed by atoms with Crippen LogP contribution < -0.4 is 0 Å². The van der Waals surface area contributed by atoms with Crippen LogP contribution in [0, 0.1) is 5.41 Å². The van der Waals surface area contributed by atoms with Crippen LogP contribution in [0.15, 0.2) is 24.5 Å². The molecule has 26 heavy (non-hydrogen) atoms. The van der Waals surface area contributed by atoms with E-state index in [0.717, 1.165) is 58.7 Å². The number of amides is 1. The van der Waals surface area contributed by atoms with Gasteiger partial charge in [-0.3, -0.25) is 4.79 Å². The van der Waals surface area contributed by atoms with Gasteiger partial charge in [0.15, 0.2) is 5.65 Å². The summed E-state index contributed by atoms with van der Waals surface area (Å²) in [5.41, 5.74) is 1.53. The van der Waals surface area contributed by atoms with Crippen molar-refractivity contribution >= 4 is 11.6 Å². The zero-order valence-corrected chi connectivity index (χ0v) is 15.8. The predicted molar refractivity (Wildman–Crippen MR) is 100 cm³/mol. The number of likely N-dealkylation sites (tertiary alicyclic amines) is 1. The molecular formula is C19H28N6O. The van der Waals surface area contributed by atoms with Crippen molar-refractivity contribution in [3.8, 4) is 0 Å². The molecule has 0 bridgehead atoms. The van der Waals surface area contributed by atoms with Crippen molar-refractivity contribution in [2.45, 2.75) is 19.8 Å². The summed E-state index contributed by atoms with van der Waals surface area (Å²) < 4.78 is 1.68. The Hall–Kier alpha value is -1.99. The maximum atomic E-state index is 12.8. The molecule has 1 amide bonds. The lowest BCUT2D eigenvalue weighted by atomic mass is 9.79. The van der Waals surface area contributed by atoms with Crippen molar-refractivity contribution in [2.75, 3.05) is 52.9 Å². The minimum absolute atomic E-state index is 0.0374. The van der Waals surface area contributed by atoms with Gasteiger partial charge in [0.25, 0.3) is 5.91 Å². The molecule has 2 aliphatic rings. The summed E-state index contributed by atoms with van der Waals surface area (Å²) in [4.78, 5) is 24.2. The number of piperazine rings is 1. The average molecular weight is 356 g/mol. The molecule has 2 fully saturated rings. The lowest BCUT2D eigenvalue weighted by Crippen LogP contribution is -2.51. The van der Waals surface area contributed by atoms with E-state index >= 15 is 0 Å². The van der Waals surface area contributed by atoms with Crippen molar-refractivity contribution in [3.63, 3.8) is 0 Å². The van der Waals surface area contributed by atoms with Crippen LogP contribution in [0.4, 0.5) is 0 Å². The van der Waals surface area contributed by atoms with E-state index in [1.807, 2.05) is 11.0 Å². The second-order valence-electron chi connectivity index (χ2n) is 8.13. The molecule has 0 atom stereocenters. The van der Waals surface area contributed by atoms with E-state index in [1.165, 1.54) is 0 Å². The van der Waals surface area contributed by atoms with Crippen LogP contribution in [0.25, 0.3) is 5.65 Å². The summed E-state index contributed by atoms with van der Waals surface area (Å²) in [5, 5.41) is 4.13. The number of likely N-dealkylation sites (N-methyl/N-ethyl adjacent to an activating group) is 1. The van der Waals surface area contributed by atoms with E-state index < -0.39 is 0 Å². The van der Waals surface area contributed by atoms with E-state index in [-0.39, 0.29) is 5.91 Å². The minimum Gasteiger partial charge on any atom is -0.337 e. The Morgan fingerprint density at radius 3 is 2.58 bits per heavy atom. The van der Waals surface area contributed by atoms with Crippen molar-refractivity contribution in [3.05, 3.63) is 30.2 Å². The highest BCUT2D eigenvalue weighted by Crippen LogP contribution is 2.32. The van der Waals surface area contributed by atoms with E-state index in [9.17, 15) is 4.79 Å². The van der Waals surface area contributed by atoms with Gasteiger partial charge in [-0.15, -0.1) is 0 Å². The highest BCUT2D eigenvalue weighted by atomic mass is 16.2. The first-order chi connectivity index (χ1) is 12.5. The van der Waals surface area contributed by atoms with Gasteiger partial charge in [0, 0.05) is 58.1 Å². The molecule has 7 nitrogen and oxygen atoms in total. The Balaban J connectivity index is 1.35. The van der Waals surface area contributed by atoms with Gasteiger partial charge in [0.1, 0.15) is 5.69 Å². The van der Waals surface area contributed by atoms with E-state index in [4.69, 9.17) is 0 Å². The van der Waals surface area contributed by atoms with Gasteiger partial charge < -0.3 is 14.7 Å². The predicted octanol–water partition coefficient (Wildman–Crippen LogP) is 1.22. The van der Waals surface area contributed by atoms with Gasteiger partial charge in [-0.2, -0.15) is 5.10 Å². The third kappa shape index (κ3) is 3.59. The maximum absolute atomic E-state index is 12.8. The Morgan fingerprint density at radius 1 is 1.12 bits per heavy atom. The molecule has 0 aromatic carbocycles. The molecule has 0 spiro atoms. The highest BCUT2D eigenvalue weighted by molar-refractivity contribution is 5.92. The fourth-order valence-electron chi connectivity index (χ4n) is 4.05. The van der Waals surface area contributed by atoms with Gasteiger partial charge in [0.2, 0.25) is 0 Å². The fourth-order valence-corrected chi connectivity index (χ4v) is 4.05. The van der Waals surface area contributed by atoms with Crippen LogP contribution >= 0.6 is 0 Å². The summed E-state index contributed by atoms with van der Waals surface area (Å²) in [6, 6.07) is 3.58. The molecular weight excluding hydrogens is 328 g/mol. The number of piperidine rings is 1. The molecule has 2 aliphatic heterocycles. The molecule has 4 heterocycles. The van der Waals surface area contributed by atoms with Gasteiger partial charge in [-0.05, 0) is 31.4 Å². The lowest BCUT2D eigenvalue weighted by molar-refractivity contribution is 0.0429. The van der Waals surface area contributed by atoms with Gasteiger partial charge in [-0.25, -0.2) is 9.50 Å². The van der Waals surface area contributed by atoms with Crippen LogP contribution in [-0.2, 0) is 0 Å². The third-order valence-corrected chi connectivity index (χ3v) is 5.94. The van der Waals surface area contributed by atoms with Crippen molar-refractivity contribution < 1.29 is 4.79 Å². The van der Waals surface area contributed by atoms with Crippen molar-refractivity contribution in [2.24, 2.45) is 5.41 Å². The molecule has 4 rings (SSSR count). The topological polar surface area (TPSA) is 57.0 Å². The molecule has 7 heteroatoms. The Kier molecular flexibility index (Phi) is 4.67. The second-order valence-corrected chi connectivity index (χ2v) is 8.13. The van der Waals surface area contributed by atoms with E-state index in [2.05, 4.69) is 33.9 Å². The largest absolute Gasteiger partial charge is 0.337 e. The number of carbonyl (C=O) groups is 1. The van der Waals surface area contributed by atoms with Gasteiger partial charge >= 0.3 is 0 Å². The number of hydrogen-bond acceptors (Lipinski definition) is 5. The summed E-state index contributed by atoms with van der Waals surface area (Å²) in [6.45, 7) is 9.78. The first-order valence-corrected chi connectivity index (χ1v) is 9.53. The van der Waals surface area contributed by atoms with Gasteiger partial charge in [-0.1, -0.05) is 6.92 Å². The highest BCUT2D eigenvalue weighted by Gasteiger charge is 2.34. The van der Waals surface area contributed by atoms with Crippen LogP contribution in [0.5, 0.6) is 0 Å². The van der Waals surface area contributed by atoms with Gasteiger partial charge in [0.05, 0.1) is 6.20 Å². The normalized spacial score (nSPS) is 22.0. The monoisotopic (exact) mass is 356 g/mol. The molecule has 0 N–H and O–H groups in total. The van der Waals surface area contributed by atoms with Crippen LogP contribution in [-0.4, -0.2) is 88.1 Å². The number of nitrogens with zero attached hydrogens (tertiary/aromatic N) is 6. The smallest absolute Gasteiger partial charge is 0.272 e. The zero-order valence-electron chi connectivity index (χ0n) is 15.8. The van der Waals surface area contributed by atoms with Crippen LogP contribution in [0.2, 0.25) is 0 Å². The molecule has 2 aromatic heterocycles. The van der Waals surface area contributed by atoms with Crippen molar-refractivity contribution in [1.29, 1.82) is 0 Å². The quantitative estimate of drug-likeness (QED) is 0.828. The summed E-state index contributed by atoms with van der Waals surface area (Å²) in [5.74, 6) is 0.0374. The summed E-state index contributed by atoms with van der Waals surface area (Å²) >= 11 is 0. The summed E-state index contributed by atoms with van der Waals surface area (Å²) in [7, 11) is 2.19. The number of rotatable bonds is 3. The number of carbonyl (C=O) groups excluding carboxylic acids is 1. The Bertz CT molecular complexity index is 771. The molecule has 2 saturated heterocycles. The van der Waals surface area contributed by atoms with E-state index in [0.29, 0.717) is 16.8 Å². The average Bonchev–Trinajstić information content (AvgIpc) is 3.11. The number of aromatic nitrogens is 3. The first-order valence-electron chi connectivity index (χ1n) is 9.53. The SMILES string of the molecule is CN1CCN(CC2(C)CCN(C(=O)c3ccn4nccc4n3)CC2)CC1. The molecule has 0 unspecified atom stereocenters. The molecule has 0 aliphatic carbocycles. The number of fused-ring (bicyclic) bond motifs is 1.